The summed E-state index contributed by atoms with van der Waals surface area (Å²) in [7, 11) is 0. The molecule has 1 aromatic rings. The summed E-state index contributed by atoms with van der Waals surface area (Å²) in [6, 6.07) is 6.46. The van der Waals surface area contributed by atoms with Gasteiger partial charge in [-0.05, 0) is 51.2 Å². The molecule has 0 saturated carbocycles. The molecular formula is C19H30N2O3. The number of aliphatic hydroxyl groups is 1. The minimum atomic E-state index is -0.499. The number of hydrogen-bond acceptors (Lipinski definition) is 4. The Morgan fingerprint density at radius 3 is 2.79 bits per heavy atom. The van der Waals surface area contributed by atoms with Gasteiger partial charge in [0.2, 0.25) is 0 Å². The molecule has 1 atom stereocenters. The van der Waals surface area contributed by atoms with Crippen molar-refractivity contribution in [3.8, 4) is 0 Å². The third kappa shape index (κ3) is 4.71. The number of carbonyl (C=O) groups is 1. The zero-order valence-electron chi connectivity index (χ0n) is 15.3. The maximum absolute atomic E-state index is 12.5. The van der Waals surface area contributed by atoms with Crippen molar-refractivity contribution >= 4 is 11.8 Å². The average Bonchev–Trinajstić information content (AvgIpc) is 2.94. The van der Waals surface area contributed by atoms with E-state index in [2.05, 4.69) is 24.4 Å². The molecule has 0 saturated heterocycles. The molecule has 2 N–H and O–H groups in total. The third-order valence-corrected chi connectivity index (χ3v) is 4.24. The van der Waals surface area contributed by atoms with E-state index in [-0.39, 0.29) is 18.7 Å². The van der Waals surface area contributed by atoms with Gasteiger partial charge < -0.3 is 15.2 Å². The zero-order valence-corrected chi connectivity index (χ0v) is 15.3. The summed E-state index contributed by atoms with van der Waals surface area (Å²) in [5.74, 6) is 0. The molecule has 0 aliphatic carbocycles. The highest BCUT2D eigenvalue weighted by molar-refractivity contribution is 5.91. The summed E-state index contributed by atoms with van der Waals surface area (Å²) >= 11 is 0. The Morgan fingerprint density at radius 2 is 2.17 bits per heavy atom. The van der Waals surface area contributed by atoms with E-state index in [4.69, 9.17) is 9.84 Å². The van der Waals surface area contributed by atoms with Gasteiger partial charge in [0.1, 0.15) is 5.60 Å². The first-order valence-corrected chi connectivity index (χ1v) is 8.81. The first-order chi connectivity index (χ1) is 11.4. The number of nitrogens with one attached hydrogen (secondary N) is 1. The number of carbonyl (C=O) groups excluding carboxylic acids is 1. The third-order valence-electron chi connectivity index (χ3n) is 4.24. The van der Waals surface area contributed by atoms with E-state index in [9.17, 15) is 4.79 Å². The number of ether oxygens (including phenoxy) is 1. The molecule has 1 aliphatic heterocycles. The van der Waals surface area contributed by atoms with Gasteiger partial charge >= 0.3 is 6.09 Å². The van der Waals surface area contributed by atoms with Crippen LogP contribution >= 0.6 is 0 Å². The van der Waals surface area contributed by atoms with Crippen LogP contribution in [0.15, 0.2) is 18.2 Å². The average molecular weight is 334 g/mol. The Balaban J connectivity index is 2.15. The van der Waals surface area contributed by atoms with Crippen molar-refractivity contribution in [3.05, 3.63) is 29.3 Å². The molecule has 24 heavy (non-hydrogen) atoms. The Morgan fingerprint density at radius 1 is 1.42 bits per heavy atom. The standard InChI is InChI=1S/C19H30N2O3/c1-5-16(10-12-22)20-13-15-8-6-7-14-9-11-21(17(14)15)18(23)24-19(2,3)4/h6-8,16,20,22H,5,9-13H2,1-4H3. The monoisotopic (exact) mass is 334 g/mol. The number of para-hydroxylation sites is 1. The van der Waals surface area contributed by atoms with Gasteiger partial charge in [-0.3, -0.25) is 4.90 Å². The Bertz CT molecular complexity index is 566. The smallest absolute Gasteiger partial charge is 0.414 e. The molecule has 0 spiro atoms. The minimum Gasteiger partial charge on any atom is -0.443 e. The van der Waals surface area contributed by atoms with Gasteiger partial charge in [-0.25, -0.2) is 4.79 Å². The molecule has 1 heterocycles. The Kier molecular flexibility index (Phi) is 6.24. The molecule has 5 heteroatoms. The lowest BCUT2D eigenvalue weighted by atomic mass is 10.1. The van der Waals surface area contributed by atoms with Crippen molar-refractivity contribution in [2.45, 2.75) is 65.1 Å². The van der Waals surface area contributed by atoms with Crippen LogP contribution < -0.4 is 10.2 Å². The number of rotatable bonds is 6. The summed E-state index contributed by atoms with van der Waals surface area (Å²) in [5, 5.41) is 12.6. The van der Waals surface area contributed by atoms with Crippen LogP contribution in [0.3, 0.4) is 0 Å². The minimum absolute atomic E-state index is 0.183. The van der Waals surface area contributed by atoms with Gasteiger partial charge in [-0.15, -0.1) is 0 Å². The molecular weight excluding hydrogens is 304 g/mol. The first-order valence-electron chi connectivity index (χ1n) is 8.81. The maximum Gasteiger partial charge on any atom is 0.414 e. The summed E-state index contributed by atoms with van der Waals surface area (Å²) in [6.45, 7) is 9.29. The van der Waals surface area contributed by atoms with Crippen molar-refractivity contribution in [1.29, 1.82) is 0 Å². The zero-order chi connectivity index (χ0) is 17.7. The second-order valence-corrected chi connectivity index (χ2v) is 7.31. The van der Waals surface area contributed by atoms with E-state index in [0.717, 1.165) is 30.5 Å². The van der Waals surface area contributed by atoms with Gasteiger partial charge in [0.25, 0.3) is 0 Å². The number of hydrogen-bond donors (Lipinski definition) is 2. The van der Waals surface area contributed by atoms with Crippen LogP contribution in [-0.4, -0.2) is 36.0 Å². The fraction of sp³-hybridized carbons (Fsp3) is 0.632. The van der Waals surface area contributed by atoms with E-state index in [0.29, 0.717) is 13.1 Å². The lowest BCUT2D eigenvalue weighted by Gasteiger charge is -2.26. The highest BCUT2D eigenvalue weighted by Gasteiger charge is 2.30. The molecule has 1 unspecified atom stereocenters. The molecule has 2 rings (SSSR count). The quantitative estimate of drug-likeness (QED) is 0.838. The molecule has 0 aromatic heterocycles. The van der Waals surface area contributed by atoms with Gasteiger partial charge in [0.05, 0.1) is 5.69 Å². The van der Waals surface area contributed by atoms with Gasteiger partial charge in [-0.1, -0.05) is 25.1 Å². The van der Waals surface area contributed by atoms with Crippen LogP contribution in [0.2, 0.25) is 0 Å². The highest BCUT2D eigenvalue weighted by Crippen LogP contribution is 2.33. The normalized spacial score (nSPS) is 15.3. The number of anilines is 1. The number of benzene rings is 1. The molecule has 0 radical (unpaired) electrons. The van der Waals surface area contributed by atoms with Crippen LogP contribution in [0, 0.1) is 0 Å². The number of amides is 1. The first kappa shape index (κ1) is 18.7. The van der Waals surface area contributed by atoms with Crippen molar-refractivity contribution in [2.75, 3.05) is 18.1 Å². The van der Waals surface area contributed by atoms with E-state index >= 15 is 0 Å². The fourth-order valence-electron chi connectivity index (χ4n) is 3.04. The Hall–Kier alpha value is -1.59. The molecule has 0 fully saturated rings. The Labute approximate surface area is 145 Å². The van der Waals surface area contributed by atoms with Gasteiger partial charge in [0, 0.05) is 25.7 Å². The fourth-order valence-corrected chi connectivity index (χ4v) is 3.04. The molecule has 0 bridgehead atoms. The number of nitrogens with zero attached hydrogens (tertiary/aromatic N) is 1. The molecule has 1 amide bonds. The van der Waals surface area contributed by atoms with Crippen LogP contribution in [0.5, 0.6) is 0 Å². The number of aliphatic hydroxyl groups excluding tert-OH is 1. The van der Waals surface area contributed by atoms with E-state index in [1.54, 1.807) is 4.90 Å². The van der Waals surface area contributed by atoms with Crippen LogP contribution in [0.25, 0.3) is 0 Å². The second-order valence-electron chi connectivity index (χ2n) is 7.31. The van der Waals surface area contributed by atoms with Crippen molar-refractivity contribution < 1.29 is 14.6 Å². The number of fused-ring (bicyclic) bond motifs is 1. The molecule has 134 valence electrons. The van der Waals surface area contributed by atoms with Crippen molar-refractivity contribution in [1.82, 2.24) is 5.32 Å². The van der Waals surface area contributed by atoms with Gasteiger partial charge in [-0.2, -0.15) is 0 Å². The predicted octanol–water partition coefficient (Wildman–Crippen LogP) is 3.23. The van der Waals surface area contributed by atoms with E-state index < -0.39 is 5.60 Å². The SMILES string of the molecule is CCC(CCO)NCc1cccc2c1N(C(=O)OC(C)(C)C)CC2. The lowest BCUT2D eigenvalue weighted by molar-refractivity contribution is 0.0583. The van der Waals surface area contributed by atoms with Crippen molar-refractivity contribution in [3.63, 3.8) is 0 Å². The van der Waals surface area contributed by atoms with E-state index in [1.807, 2.05) is 26.8 Å². The molecule has 1 aliphatic rings. The van der Waals surface area contributed by atoms with Crippen molar-refractivity contribution in [2.24, 2.45) is 0 Å². The summed E-state index contributed by atoms with van der Waals surface area (Å²) in [5.41, 5.74) is 2.78. The summed E-state index contributed by atoms with van der Waals surface area (Å²) in [4.78, 5) is 14.3. The largest absolute Gasteiger partial charge is 0.443 e. The highest BCUT2D eigenvalue weighted by atomic mass is 16.6. The summed E-state index contributed by atoms with van der Waals surface area (Å²) < 4.78 is 5.55. The summed E-state index contributed by atoms with van der Waals surface area (Å²) in [6.07, 6.45) is 2.28. The maximum atomic E-state index is 12.5. The molecule has 1 aromatic carbocycles. The van der Waals surface area contributed by atoms with E-state index in [1.165, 1.54) is 5.56 Å². The predicted molar refractivity (Wildman–Crippen MR) is 96.3 cm³/mol. The van der Waals surface area contributed by atoms with Crippen LogP contribution in [0.4, 0.5) is 10.5 Å². The topological polar surface area (TPSA) is 61.8 Å². The van der Waals surface area contributed by atoms with Crippen LogP contribution in [0.1, 0.15) is 51.7 Å². The second kappa shape index (κ2) is 7.99. The molecule has 5 nitrogen and oxygen atoms in total. The lowest BCUT2D eigenvalue weighted by Crippen LogP contribution is -2.36. The van der Waals surface area contributed by atoms with Crippen LogP contribution in [-0.2, 0) is 17.7 Å². The van der Waals surface area contributed by atoms with Gasteiger partial charge in [0.15, 0.2) is 0 Å².